The molecular weight excluding hydrogens is 499 g/mol. The number of methoxy groups -OCH3 is 1. The number of H-pyrrole nitrogens is 1. The van der Waals surface area contributed by atoms with Gasteiger partial charge in [-0.15, -0.1) is 0 Å². The molecule has 1 unspecified atom stereocenters. The third-order valence-electron chi connectivity index (χ3n) is 9.04. The van der Waals surface area contributed by atoms with Crippen molar-refractivity contribution in [2.24, 2.45) is 16.7 Å². The summed E-state index contributed by atoms with van der Waals surface area (Å²) in [5, 5.41) is 13.2. The number of fused-ring (bicyclic) bond motifs is 1. The number of hydrogen-bond donors (Lipinski definition) is 2. The molecule has 1 aromatic carbocycles. The smallest absolute Gasteiger partial charge is 0.271 e. The molecule has 2 aliphatic carbocycles. The summed E-state index contributed by atoms with van der Waals surface area (Å²) in [7, 11) is 1.49. The molecule has 8 nitrogen and oxygen atoms in total. The summed E-state index contributed by atoms with van der Waals surface area (Å²) in [6.45, 7) is 4.52. The Bertz CT molecular complexity index is 1340. The number of rotatable bonds is 6. The first kappa shape index (κ1) is 27.2. The van der Waals surface area contributed by atoms with Gasteiger partial charge < -0.3 is 19.9 Å². The van der Waals surface area contributed by atoms with E-state index >= 15 is 0 Å². The molecule has 1 spiro atoms. The van der Waals surface area contributed by atoms with E-state index in [0.717, 1.165) is 32.1 Å². The number of ether oxygens (including phenoxy) is 1. The first-order valence-electron chi connectivity index (χ1n) is 13.9. The van der Waals surface area contributed by atoms with Crippen molar-refractivity contribution in [2.45, 2.75) is 83.7 Å². The van der Waals surface area contributed by atoms with Crippen LogP contribution in [-0.4, -0.2) is 53.2 Å². The summed E-state index contributed by atoms with van der Waals surface area (Å²) in [5.41, 5.74) is 0.113. The summed E-state index contributed by atoms with van der Waals surface area (Å²) in [5.74, 6) is -0.922. The van der Waals surface area contributed by atoms with Gasteiger partial charge in [0.2, 0.25) is 5.91 Å². The highest BCUT2D eigenvalue weighted by atomic mass is 19.1. The summed E-state index contributed by atoms with van der Waals surface area (Å²) < 4.78 is 19.9. The second kappa shape index (κ2) is 10.3. The predicted molar refractivity (Wildman–Crippen MR) is 143 cm³/mol. The molecule has 2 amide bonds. The molecule has 2 heterocycles. The lowest BCUT2D eigenvalue weighted by molar-refractivity contribution is -0.126. The van der Waals surface area contributed by atoms with Gasteiger partial charge in [0.25, 0.3) is 5.91 Å². The number of amides is 2. The molecule has 39 heavy (non-hydrogen) atoms. The fraction of sp³-hybridized carbons (Fsp3) is 0.600. The van der Waals surface area contributed by atoms with Crippen molar-refractivity contribution in [3.05, 3.63) is 29.7 Å². The first-order chi connectivity index (χ1) is 18.5. The van der Waals surface area contributed by atoms with Crippen LogP contribution >= 0.6 is 0 Å². The molecule has 9 heteroatoms. The van der Waals surface area contributed by atoms with Crippen molar-refractivity contribution in [1.82, 2.24) is 15.2 Å². The number of carbonyl (C=O) groups is 3. The molecule has 208 valence electrons. The number of ketones is 1. The number of aromatic amines is 1. The molecule has 1 aliphatic heterocycles. The fourth-order valence-corrected chi connectivity index (χ4v) is 7.16. The van der Waals surface area contributed by atoms with E-state index in [-0.39, 0.29) is 52.0 Å². The number of nitriles is 1. The van der Waals surface area contributed by atoms with E-state index in [9.17, 15) is 24.0 Å². The summed E-state index contributed by atoms with van der Waals surface area (Å²) >= 11 is 0. The zero-order valence-corrected chi connectivity index (χ0v) is 22.9. The molecule has 0 radical (unpaired) electrons. The van der Waals surface area contributed by atoms with Crippen LogP contribution in [-0.2, 0) is 9.59 Å². The topological polar surface area (TPSA) is 115 Å². The van der Waals surface area contributed by atoms with Crippen LogP contribution in [0.15, 0.2) is 18.2 Å². The van der Waals surface area contributed by atoms with Gasteiger partial charge in [0.05, 0.1) is 18.7 Å². The lowest BCUT2D eigenvalue weighted by Gasteiger charge is -2.32. The highest BCUT2D eigenvalue weighted by Gasteiger charge is 2.49. The molecule has 3 aliphatic rings. The van der Waals surface area contributed by atoms with E-state index in [4.69, 9.17) is 4.74 Å². The molecule has 2 aromatic rings. The Balaban J connectivity index is 1.39. The monoisotopic (exact) mass is 536 g/mol. The van der Waals surface area contributed by atoms with Gasteiger partial charge >= 0.3 is 0 Å². The Morgan fingerprint density at radius 3 is 2.64 bits per heavy atom. The van der Waals surface area contributed by atoms with Crippen molar-refractivity contribution in [1.29, 1.82) is 5.26 Å². The third kappa shape index (κ3) is 5.26. The summed E-state index contributed by atoms with van der Waals surface area (Å²) in [6, 6.07) is 4.98. The largest absolute Gasteiger partial charge is 0.496 e. The highest BCUT2D eigenvalue weighted by Crippen LogP contribution is 2.47. The standard InChI is InChI=1S/C30H37FN4O4/c1-29(2)13-18(24(36)15-29)11-19(16-32)33-27(37)23-14-30(9-5-4-6-10-30)17-35(23)28(38)22-12-20-25(39-3)8-7-21(31)26(20)34-22/h7-8,12,18-19,23,34H,4-6,9-11,13-15,17H2,1-3H3,(H,33,37)/t18-,19+,23?/m1/s1. The minimum atomic E-state index is -0.813. The van der Waals surface area contributed by atoms with Gasteiger partial charge in [-0.1, -0.05) is 33.1 Å². The maximum Gasteiger partial charge on any atom is 0.271 e. The number of nitrogens with one attached hydrogen (secondary N) is 2. The van der Waals surface area contributed by atoms with Crippen LogP contribution in [0.2, 0.25) is 0 Å². The zero-order chi connectivity index (χ0) is 27.9. The van der Waals surface area contributed by atoms with E-state index in [2.05, 4.69) is 16.4 Å². The number of carbonyl (C=O) groups excluding carboxylic acids is 3. The molecule has 2 saturated carbocycles. The van der Waals surface area contributed by atoms with E-state index in [1.54, 1.807) is 11.0 Å². The Kier molecular flexibility index (Phi) is 7.17. The highest BCUT2D eigenvalue weighted by molar-refractivity contribution is 6.02. The van der Waals surface area contributed by atoms with E-state index in [1.165, 1.54) is 19.2 Å². The second-order valence-electron chi connectivity index (χ2n) is 12.6. The summed E-state index contributed by atoms with van der Waals surface area (Å²) in [4.78, 5) is 44.5. The van der Waals surface area contributed by atoms with Crippen LogP contribution < -0.4 is 10.1 Å². The number of aromatic nitrogens is 1. The van der Waals surface area contributed by atoms with Crippen LogP contribution in [0, 0.1) is 33.9 Å². The van der Waals surface area contributed by atoms with Crippen molar-refractivity contribution < 1.29 is 23.5 Å². The number of Topliss-reactive ketones (excluding diaryl/α,β-unsaturated/α-hetero) is 1. The zero-order valence-electron chi connectivity index (χ0n) is 22.9. The molecular formula is C30H37FN4O4. The van der Waals surface area contributed by atoms with Gasteiger partial charge in [-0.05, 0) is 61.1 Å². The van der Waals surface area contributed by atoms with Crippen molar-refractivity contribution >= 4 is 28.5 Å². The minimum absolute atomic E-state index is 0.102. The van der Waals surface area contributed by atoms with Gasteiger partial charge in [-0.2, -0.15) is 5.26 Å². The third-order valence-corrected chi connectivity index (χ3v) is 9.04. The van der Waals surface area contributed by atoms with E-state index in [1.807, 2.05) is 13.8 Å². The fourth-order valence-electron chi connectivity index (χ4n) is 7.16. The average molecular weight is 537 g/mol. The van der Waals surface area contributed by atoms with Crippen molar-refractivity contribution in [3.8, 4) is 11.8 Å². The van der Waals surface area contributed by atoms with Crippen LogP contribution in [0.5, 0.6) is 5.75 Å². The molecule has 0 bridgehead atoms. The van der Waals surface area contributed by atoms with E-state index < -0.39 is 17.9 Å². The maximum atomic E-state index is 14.5. The lowest BCUT2D eigenvalue weighted by atomic mass is 9.72. The number of benzene rings is 1. The predicted octanol–water partition coefficient (Wildman–Crippen LogP) is 4.88. The van der Waals surface area contributed by atoms with Gasteiger partial charge in [0.15, 0.2) is 0 Å². The van der Waals surface area contributed by atoms with Gasteiger partial charge in [0.1, 0.15) is 35.1 Å². The van der Waals surface area contributed by atoms with Crippen LogP contribution in [0.4, 0.5) is 4.39 Å². The number of nitrogens with zero attached hydrogens (tertiary/aromatic N) is 2. The molecule has 1 aromatic heterocycles. The summed E-state index contributed by atoms with van der Waals surface area (Å²) in [6.07, 6.45) is 7.07. The van der Waals surface area contributed by atoms with Gasteiger partial charge in [-0.3, -0.25) is 14.4 Å². The van der Waals surface area contributed by atoms with Crippen LogP contribution in [0.1, 0.15) is 82.1 Å². The molecule has 3 atom stereocenters. The molecule has 3 fully saturated rings. The van der Waals surface area contributed by atoms with E-state index in [0.29, 0.717) is 36.9 Å². The minimum Gasteiger partial charge on any atom is -0.496 e. The normalized spacial score (nSPS) is 24.6. The van der Waals surface area contributed by atoms with Crippen LogP contribution in [0.3, 0.4) is 0 Å². The molecule has 2 N–H and O–H groups in total. The molecule has 5 rings (SSSR count). The Morgan fingerprint density at radius 1 is 1.26 bits per heavy atom. The van der Waals surface area contributed by atoms with Gasteiger partial charge in [0, 0.05) is 24.3 Å². The average Bonchev–Trinajstić information content (AvgIpc) is 3.58. The maximum absolute atomic E-state index is 14.5. The van der Waals surface area contributed by atoms with Crippen molar-refractivity contribution in [3.63, 3.8) is 0 Å². The SMILES string of the molecule is COc1ccc(F)c2[nH]c(C(=O)N3CC4(CCCCC4)CC3C(=O)N[C@H](C#N)C[C@@H]3CC(C)(C)CC3=O)cc12. The lowest BCUT2D eigenvalue weighted by Crippen LogP contribution is -2.49. The Morgan fingerprint density at radius 2 is 2.00 bits per heavy atom. The number of likely N-dealkylation sites (tertiary alicyclic amines) is 1. The second-order valence-corrected chi connectivity index (χ2v) is 12.6. The number of hydrogen-bond acceptors (Lipinski definition) is 5. The molecule has 1 saturated heterocycles. The van der Waals surface area contributed by atoms with Crippen LogP contribution in [0.25, 0.3) is 10.9 Å². The first-order valence-corrected chi connectivity index (χ1v) is 13.9. The Labute approximate surface area is 228 Å². The number of halogens is 1. The Hall–Kier alpha value is -3.41. The van der Waals surface area contributed by atoms with Gasteiger partial charge in [-0.25, -0.2) is 4.39 Å². The van der Waals surface area contributed by atoms with Crippen molar-refractivity contribution in [2.75, 3.05) is 13.7 Å². The quantitative estimate of drug-likeness (QED) is 0.546.